The summed E-state index contributed by atoms with van der Waals surface area (Å²) in [4.78, 5) is 43.8. The molecule has 38 heavy (non-hydrogen) atoms. The molecule has 4 amide bonds. The first-order valence-corrected chi connectivity index (χ1v) is 13.2. The fourth-order valence-electron chi connectivity index (χ4n) is 5.52. The summed E-state index contributed by atoms with van der Waals surface area (Å²) in [5.74, 6) is 0.0546. The molecule has 0 bridgehead atoms. The number of amides is 4. The lowest BCUT2D eigenvalue weighted by Crippen LogP contribution is -2.49. The van der Waals surface area contributed by atoms with Gasteiger partial charge in [0.25, 0.3) is 0 Å². The van der Waals surface area contributed by atoms with Gasteiger partial charge in [-0.3, -0.25) is 24.6 Å². The van der Waals surface area contributed by atoms with Crippen LogP contribution in [-0.4, -0.2) is 95.6 Å². The van der Waals surface area contributed by atoms with Gasteiger partial charge in [0.15, 0.2) is 11.6 Å². The summed E-state index contributed by atoms with van der Waals surface area (Å²) in [6.45, 7) is 11.1. The number of rotatable bonds is 4. The molecule has 0 unspecified atom stereocenters. The van der Waals surface area contributed by atoms with Gasteiger partial charge in [-0.15, -0.1) is 0 Å². The van der Waals surface area contributed by atoms with E-state index < -0.39 is 11.6 Å². The smallest absolute Gasteiger partial charge is 0.410 e. The van der Waals surface area contributed by atoms with Crippen molar-refractivity contribution in [3.63, 3.8) is 0 Å². The zero-order valence-corrected chi connectivity index (χ0v) is 22.5. The largest absolute Gasteiger partial charge is 0.444 e. The summed E-state index contributed by atoms with van der Waals surface area (Å²) in [5.41, 5.74) is 0.350. The predicted molar refractivity (Wildman–Crippen MR) is 141 cm³/mol. The Balaban J connectivity index is 1.21. The number of ether oxygens (including phenoxy) is 1. The highest BCUT2D eigenvalue weighted by atomic mass is 19.1. The molecule has 3 aliphatic rings. The van der Waals surface area contributed by atoms with E-state index in [1.807, 2.05) is 25.7 Å². The highest BCUT2D eigenvalue weighted by Gasteiger charge is 2.33. The van der Waals surface area contributed by atoms with E-state index in [2.05, 4.69) is 15.3 Å². The lowest BCUT2D eigenvalue weighted by Gasteiger charge is -2.37. The fourth-order valence-corrected chi connectivity index (χ4v) is 5.52. The number of carbonyl (C=O) groups excluding carboxylic acids is 3. The number of anilines is 2. The van der Waals surface area contributed by atoms with Crippen molar-refractivity contribution in [2.45, 2.75) is 39.2 Å². The van der Waals surface area contributed by atoms with Crippen LogP contribution in [0.3, 0.4) is 0 Å². The number of imide groups is 1. The first-order chi connectivity index (χ1) is 18.0. The minimum Gasteiger partial charge on any atom is -0.444 e. The van der Waals surface area contributed by atoms with Crippen molar-refractivity contribution in [3.05, 3.63) is 17.9 Å². The summed E-state index contributed by atoms with van der Waals surface area (Å²) >= 11 is 0. The number of aryl methyl sites for hydroxylation is 1. The molecule has 1 aromatic carbocycles. The Kier molecular flexibility index (Phi) is 6.93. The van der Waals surface area contributed by atoms with Crippen LogP contribution in [0, 0.1) is 11.7 Å². The normalized spacial score (nSPS) is 21.4. The molecule has 1 atom stereocenters. The SMILES string of the molecule is Cn1nc(N2CCC(=O)NC2=O)c2ccc(N3CCN(C[C@H]4CCN(C(=O)OC(C)(C)C)C4)CC3)c(F)c21. The summed E-state index contributed by atoms with van der Waals surface area (Å²) < 4.78 is 22.7. The number of nitrogens with zero attached hydrogens (tertiary/aromatic N) is 6. The van der Waals surface area contributed by atoms with Gasteiger partial charge in [-0.05, 0) is 45.2 Å². The van der Waals surface area contributed by atoms with Crippen LogP contribution in [0.2, 0.25) is 0 Å². The van der Waals surface area contributed by atoms with Crippen LogP contribution < -0.4 is 15.1 Å². The van der Waals surface area contributed by atoms with Gasteiger partial charge in [0.05, 0.1) is 5.69 Å². The summed E-state index contributed by atoms with van der Waals surface area (Å²) in [6.07, 6.45) is 0.883. The van der Waals surface area contributed by atoms with Gasteiger partial charge >= 0.3 is 12.1 Å². The Morgan fingerprint density at radius 3 is 2.55 bits per heavy atom. The monoisotopic (exact) mass is 529 g/mol. The third-order valence-corrected chi connectivity index (χ3v) is 7.38. The second-order valence-electron chi connectivity index (χ2n) is 11.4. The van der Waals surface area contributed by atoms with Crippen LogP contribution in [0.4, 0.5) is 25.5 Å². The number of fused-ring (bicyclic) bond motifs is 1. The molecule has 11 nitrogen and oxygen atoms in total. The maximum absolute atomic E-state index is 15.8. The average molecular weight is 530 g/mol. The number of carbonyl (C=O) groups is 3. The fraction of sp³-hybridized carbons (Fsp3) is 0.615. The van der Waals surface area contributed by atoms with Crippen LogP contribution in [0.15, 0.2) is 12.1 Å². The van der Waals surface area contributed by atoms with Gasteiger partial charge in [-0.2, -0.15) is 5.10 Å². The second kappa shape index (κ2) is 10.0. The molecule has 0 saturated carbocycles. The zero-order chi connectivity index (χ0) is 27.2. The Labute approximate surface area is 221 Å². The van der Waals surface area contributed by atoms with Crippen molar-refractivity contribution in [2.75, 3.05) is 62.2 Å². The van der Waals surface area contributed by atoms with Crippen LogP contribution in [0.25, 0.3) is 10.9 Å². The van der Waals surface area contributed by atoms with Crippen molar-refractivity contribution in [1.29, 1.82) is 0 Å². The number of aromatic nitrogens is 2. The molecule has 5 rings (SSSR count). The summed E-state index contributed by atoms with van der Waals surface area (Å²) in [7, 11) is 1.66. The lowest BCUT2D eigenvalue weighted by molar-refractivity contribution is -0.120. The minimum atomic E-state index is -0.543. The molecule has 2 aromatic rings. The number of halogens is 1. The third-order valence-electron chi connectivity index (χ3n) is 7.38. The number of piperazine rings is 1. The topological polar surface area (TPSA) is 103 Å². The lowest BCUT2D eigenvalue weighted by atomic mass is 10.1. The highest BCUT2D eigenvalue weighted by molar-refractivity contribution is 6.09. The van der Waals surface area contributed by atoms with Gasteiger partial charge in [-0.25, -0.2) is 14.0 Å². The van der Waals surface area contributed by atoms with Gasteiger partial charge in [-0.1, -0.05) is 0 Å². The molecule has 1 N–H and O–H groups in total. The average Bonchev–Trinajstić information content (AvgIpc) is 3.44. The van der Waals surface area contributed by atoms with E-state index in [0.717, 1.165) is 26.1 Å². The summed E-state index contributed by atoms with van der Waals surface area (Å²) in [6, 6.07) is 3.01. The quantitative estimate of drug-likeness (QED) is 0.649. The number of likely N-dealkylation sites (tertiary alicyclic amines) is 1. The molecule has 12 heteroatoms. The van der Waals surface area contributed by atoms with E-state index in [4.69, 9.17) is 4.74 Å². The minimum absolute atomic E-state index is 0.175. The van der Waals surface area contributed by atoms with Gasteiger partial charge in [0.1, 0.15) is 11.1 Å². The van der Waals surface area contributed by atoms with E-state index >= 15 is 4.39 Å². The molecule has 1 aromatic heterocycles. The Morgan fingerprint density at radius 1 is 1.13 bits per heavy atom. The molecule has 3 aliphatic heterocycles. The highest BCUT2D eigenvalue weighted by Crippen LogP contribution is 2.34. The Morgan fingerprint density at radius 2 is 1.87 bits per heavy atom. The molecule has 3 fully saturated rings. The van der Waals surface area contributed by atoms with Gasteiger partial charge in [0, 0.05) is 71.2 Å². The maximum Gasteiger partial charge on any atom is 0.410 e. The third kappa shape index (κ3) is 5.27. The van der Waals surface area contributed by atoms with Crippen molar-refractivity contribution in [2.24, 2.45) is 13.0 Å². The van der Waals surface area contributed by atoms with E-state index in [1.54, 1.807) is 24.1 Å². The maximum atomic E-state index is 15.8. The van der Waals surface area contributed by atoms with Crippen LogP contribution in [-0.2, 0) is 16.6 Å². The van der Waals surface area contributed by atoms with E-state index in [9.17, 15) is 14.4 Å². The standard InChI is InChI=1S/C26H36FN7O4/c1-26(2,3)38-25(37)33-9-7-17(16-33)15-31-11-13-32(14-12-31)19-6-5-18-22(21(19)27)30(4)29-23(18)34-10-8-20(35)28-24(34)36/h5-6,17H,7-16H2,1-4H3,(H,28,35,36)/t17-/m1/s1. The number of urea groups is 1. The molecule has 3 saturated heterocycles. The van der Waals surface area contributed by atoms with E-state index in [-0.39, 0.29) is 30.8 Å². The van der Waals surface area contributed by atoms with Crippen molar-refractivity contribution >= 4 is 40.4 Å². The van der Waals surface area contributed by atoms with Gasteiger partial charge < -0.3 is 14.5 Å². The molecule has 4 heterocycles. The zero-order valence-electron chi connectivity index (χ0n) is 22.5. The van der Waals surface area contributed by atoms with Crippen molar-refractivity contribution in [1.82, 2.24) is 24.9 Å². The molecule has 0 aliphatic carbocycles. The number of benzene rings is 1. The second-order valence-corrected chi connectivity index (χ2v) is 11.4. The van der Waals surface area contributed by atoms with E-state index in [1.165, 1.54) is 9.58 Å². The molecule has 206 valence electrons. The van der Waals surface area contributed by atoms with Crippen LogP contribution in [0.5, 0.6) is 0 Å². The van der Waals surface area contributed by atoms with Crippen molar-refractivity contribution in [3.8, 4) is 0 Å². The Bertz CT molecular complexity index is 1250. The van der Waals surface area contributed by atoms with E-state index in [0.29, 0.717) is 54.5 Å². The number of hydrogen-bond acceptors (Lipinski definition) is 7. The number of hydrogen-bond donors (Lipinski definition) is 1. The summed E-state index contributed by atoms with van der Waals surface area (Å²) in [5, 5.41) is 7.24. The number of nitrogens with one attached hydrogen (secondary N) is 1. The molecular weight excluding hydrogens is 493 g/mol. The molecule has 0 spiro atoms. The van der Waals surface area contributed by atoms with Crippen LogP contribution >= 0.6 is 0 Å². The molecular formula is C26H36FN7O4. The first-order valence-electron chi connectivity index (χ1n) is 13.2. The predicted octanol–water partition coefficient (Wildman–Crippen LogP) is 2.54. The molecule has 0 radical (unpaired) electrons. The van der Waals surface area contributed by atoms with Crippen molar-refractivity contribution < 1.29 is 23.5 Å². The van der Waals surface area contributed by atoms with Gasteiger partial charge in [0.2, 0.25) is 5.91 Å². The Hall–Kier alpha value is -3.41. The van der Waals surface area contributed by atoms with Crippen LogP contribution in [0.1, 0.15) is 33.6 Å². The first kappa shape index (κ1) is 26.2.